The third-order valence-electron chi connectivity index (χ3n) is 5.34. The van der Waals surface area contributed by atoms with Crippen molar-refractivity contribution in [1.29, 1.82) is 0 Å². The van der Waals surface area contributed by atoms with Gasteiger partial charge in [0.05, 0.1) is 18.8 Å². The summed E-state index contributed by atoms with van der Waals surface area (Å²) in [6.45, 7) is 9.82. The van der Waals surface area contributed by atoms with Gasteiger partial charge in [0.1, 0.15) is 0 Å². The first-order chi connectivity index (χ1) is 15.1. The second kappa shape index (κ2) is 12.4. The van der Waals surface area contributed by atoms with E-state index in [-0.39, 0.29) is 17.4 Å². The topological polar surface area (TPSA) is 87.1 Å². The van der Waals surface area contributed by atoms with Crippen LogP contribution in [0.15, 0.2) is 48.5 Å². The Morgan fingerprint density at radius 3 is 2.28 bits per heavy atom. The third-order valence-corrected chi connectivity index (χ3v) is 5.34. The van der Waals surface area contributed by atoms with E-state index in [0.29, 0.717) is 32.7 Å². The summed E-state index contributed by atoms with van der Waals surface area (Å²) in [6, 6.07) is 15.3. The van der Waals surface area contributed by atoms with E-state index >= 15 is 0 Å². The quantitative estimate of drug-likeness (QED) is 0.428. The number of aliphatic carboxylic acids is 1. The highest BCUT2D eigenvalue weighted by Crippen LogP contribution is 2.23. The number of unbranched alkanes of at least 4 members (excludes halogenated alkanes) is 1. The highest BCUT2D eigenvalue weighted by Gasteiger charge is 2.14. The fraction of sp³-hybridized carbons (Fsp3) is 0.462. The van der Waals surface area contributed by atoms with Crippen LogP contribution in [0.25, 0.3) is 0 Å². The molecule has 0 radical (unpaired) electrons. The molecule has 0 fully saturated rings. The van der Waals surface area contributed by atoms with Gasteiger partial charge in [0.15, 0.2) is 0 Å². The van der Waals surface area contributed by atoms with Crippen LogP contribution in [-0.2, 0) is 28.1 Å². The van der Waals surface area contributed by atoms with Crippen LogP contribution in [0.1, 0.15) is 67.1 Å². The zero-order chi connectivity index (χ0) is 23.6. The Morgan fingerprint density at radius 2 is 1.66 bits per heavy atom. The Balaban J connectivity index is 1.89. The van der Waals surface area contributed by atoms with Crippen LogP contribution in [0.4, 0.5) is 0 Å². The monoisotopic (exact) mass is 441 g/mol. The fourth-order valence-electron chi connectivity index (χ4n) is 3.40. The molecule has 0 saturated heterocycles. The average Bonchev–Trinajstić information content (AvgIpc) is 2.73. The minimum absolute atomic E-state index is 0.0962. The van der Waals surface area contributed by atoms with E-state index in [1.807, 2.05) is 12.1 Å². The Labute approximate surface area is 190 Å². The normalized spacial score (nSPS) is 11.6. The van der Waals surface area contributed by atoms with Gasteiger partial charge in [0.2, 0.25) is 0 Å². The molecule has 0 aliphatic rings. The van der Waals surface area contributed by atoms with Crippen LogP contribution in [-0.4, -0.2) is 46.7 Å². The van der Waals surface area contributed by atoms with Crippen molar-refractivity contribution in [1.82, 2.24) is 4.90 Å². The summed E-state index contributed by atoms with van der Waals surface area (Å²) in [5.74, 6) is -1.72. The lowest BCUT2D eigenvalue weighted by atomic mass is 9.86. The van der Waals surface area contributed by atoms with Gasteiger partial charge < -0.3 is 14.9 Å². The second-order valence-corrected chi connectivity index (χ2v) is 9.13. The van der Waals surface area contributed by atoms with E-state index in [1.54, 1.807) is 12.1 Å². The van der Waals surface area contributed by atoms with Gasteiger partial charge >= 0.3 is 11.9 Å². The number of hydrogen-bond acceptors (Lipinski definition) is 4. The molecule has 0 saturated carbocycles. The first-order valence-corrected chi connectivity index (χ1v) is 11.1. The van der Waals surface area contributed by atoms with Crippen molar-refractivity contribution in [3.63, 3.8) is 0 Å². The van der Waals surface area contributed by atoms with Crippen LogP contribution in [0, 0.1) is 0 Å². The first-order valence-electron chi connectivity index (χ1n) is 11.1. The van der Waals surface area contributed by atoms with Crippen molar-refractivity contribution < 1.29 is 24.5 Å². The number of hydrogen-bond donors (Lipinski definition) is 2. The molecule has 32 heavy (non-hydrogen) atoms. The van der Waals surface area contributed by atoms with E-state index in [0.717, 1.165) is 24.1 Å². The first kappa shape index (κ1) is 25.6. The van der Waals surface area contributed by atoms with Gasteiger partial charge in [-0.3, -0.25) is 9.69 Å². The lowest BCUT2D eigenvalue weighted by Gasteiger charge is -2.23. The van der Waals surface area contributed by atoms with E-state index < -0.39 is 11.9 Å². The van der Waals surface area contributed by atoms with E-state index in [1.165, 1.54) is 5.56 Å². The molecule has 0 aliphatic heterocycles. The number of rotatable bonds is 13. The number of carbonyl (C=O) groups is 2. The van der Waals surface area contributed by atoms with Gasteiger partial charge in [-0.15, -0.1) is 0 Å². The minimum atomic E-state index is -0.939. The highest BCUT2D eigenvalue weighted by molar-refractivity contribution is 5.87. The smallest absolute Gasteiger partial charge is 0.335 e. The summed E-state index contributed by atoms with van der Waals surface area (Å²) in [6.07, 6.45) is 1.58. The Bertz CT molecular complexity index is 871. The van der Waals surface area contributed by atoms with Crippen LogP contribution < -0.4 is 0 Å². The maximum Gasteiger partial charge on any atom is 0.335 e. The van der Waals surface area contributed by atoms with Crippen LogP contribution >= 0.6 is 0 Å². The highest BCUT2D eigenvalue weighted by atomic mass is 16.5. The van der Waals surface area contributed by atoms with Gasteiger partial charge in [0, 0.05) is 19.5 Å². The summed E-state index contributed by atoms with van der Waals surface area (Å²) in [4.78, 5) is 24.1. The van der Waals surface area contributed by atoms with Gasteiger partial charge in [-0.2, -0.15) is 0 Å². The van der Waals surface area contributed by atoms with Gasteiger partial charge in [-0.25, -0.2) is 4.79 Å². The third kappa shape index (κ3) is 9.20. The van der Waals surface area contributed by atoms with Gasteiger partial charge in [-0.05, 0) is 53.6 Å². The maximum atomic E-state index is 11.1. The van der Waals surface area contributed by atoms with Gasteiger partial charge in [0.25, 0.3) is 0 Å². The van der Waals surface area contributed by atoms with Crippen molar-refractivity contribution in [2.24, 2.45) is 0 Å². The lowest BCUT2D eigenvalue weighted by molar-refractivity contribution is -0.137. The number of carboxylic acid groups (broad SMARTS) is 2. The summed E-state index contributed by atoms with van der Waals surface area (Å²) in [5, 5.41) is 17.9. The molecule has 2 rings (SSSR count). The van der Waals surface area contributed by atoms with Crippen molar-refractivity contribution in [3.05, 3.63) is 70.8 Å². The van der Waals surface area contributed by atoms with Crippen molar-refractivity contribution in [2.45, 2.75) is 58.6 Å². The number of aromatic carboxylic acids is 1. The molecule has 0 aromatic heterocycles. The zero-order valence-electron chi connectivity index (χ0n) is 19.3. The fourth-order valence-corrected chi connectivity index (χ4v) is 3.40. The molecule has 174 valence electrons. The molecule has 0 heterocycles. The Hall–Kier alpha value is -2.70. The summed E-state index contributed by atoms with van der Waals surface area (Å²) >= 11 is 0. The van der Waals surface area contributed by atoms with E-state index in [2.05, 4.69) is 49.9 Å². The molecule has 2 aromatic rings. The second-order valence-electron chi connectivity index (χ2n) is 9.13. The molecule has 0 bridgehead atoms. The van der Waals surface area contributed by atoms with Crippen LogP contribution in [0.2, 0.25) is 0 Å². The van der Waals surface area contributed by atoms with Gasteiger partial charge in [-0.1, -0.05) is 57.2 Å². The molecule has 6 heteroatoms. The van der Waals surface area contributed by atoms with Crippen molar-refractivity contribution in [3.8, 4) is 0 Å². The van der Waals surface area contributed by atoms with Crippen LogP contribution in [0.3, 0.4) is 0 Å². The minimum Gasteiger partial charge on any atom is -0.481 e. The number of carboxylic acids is 2. The predicted octanol–water partition coefficient (Wildman–Crippen LogP) is 4.96. The SMILES string of the molecule is CC(C)(C)c1cccc(COCCN(CCCCC(=O)O)Cc2ccc(C(=O)O)cc2)c1. The largest absolute Gasteiger partial charge is 0.481 e. The van der Waals surface area contributed by atoms with Crippen LogP contribution in [0.5, 0.6) is 0 Å². The molecule has 0 amide bonds. The molecule has 2 aromatic carbocycles. The molecule has 0 spiro atoms. The van der Waals surface area contributed by atoms with Crippen molar-refractivity contribution in [2.75, 3.05) is 19.7 Å². The van der Waals surface area contributed by atoms with Crippen molar-refractivity contribution >= 4 is 11.9 Å². The Kier molecular flexibility index (Phi) is 9.88. The molecular weight excluding hydrogens is 406 g/mol. The molecular formula is C26H35NO5. The molecule has 2 N–H and O–H groups in total. The summed E-state index contributed by atoms with van der Waals surface area (Å²) in [5.41, 5.74) is 3.81. The van der Waals surface area contributed by atoms with E-state index in [9.17, 15) is 9.59 Å². The summed E-state index contributed by atoms with van der Waals surface area (Å²) < 4.78 is 5.94. The predicted molar refractivity (Wildman–Crippen MR) is 125 cm³/mol. The standard InChI is InChI=1S/C26H35NO5/c1-26(2,3)23-8-6-7-21(17-23)19-32-16-15-27(14-5-4-9-24(28)29)18-20-10-12-22(13-11-20)25(30)31/h6-8,10-13,17H,4-5,9,14-16,18-19H2,1-3H3,(H,28,29)(H,30,31). The van der Waals surface area contributed by atoms with E-state index in [4.69, 9.17) is 14.9 Å². The molecule has 0 aliphatic carbocycles. The zero-order valence-corrected chi connectivity index (χ0v) is 19.3. The Morgan fingerprint density at radius 1 is 0.938 bits per heavy atom. The number of benzene rings is 2. The maximum absolute atomic E-state index is 11.1. The average molecular weight is 442 g/mol. The lowest BCUT2D eigenvalue weighted by Crippen LogP contribution is -2.28. The molecule has 6 nitrogen and oxygen atoms in total. The number of ether oxygens (including phenoxy) is 1. The molecule has 0 atom stereocenters. The number of nitrogens with zero attached hydrogens (tertiary/aromatic N) is 1. The summed E-state index contributed by atoms with van der Waals surface area (Å²) in [7, 11) is 0. The molecule has 0 unspecified atom stereocenters.